The van der Waals surface area contributed by atoms with Crippen LogP contribution in [0.1, 0.15) is 11.6 Å². The number of urea groups is 1. The van der Waals surface area contributed by atoms with Gasteiger partial charge < -0.3 is 20.3 Å². The maximum atomic E-state index is 12.6. The van der Waals surface area contributed by atoms with E-state index in [9.17, 15) is 9.59 Å². The minimum absolute atomic E-state index is 0.107. The molecule has 0 radical (unpaired) electrons. The van der Waals surface area contributed by atoms with E-state index in [-0.39, 0.29) is 11.9 Å². The summed E-state index contributed by atoms with van der Waals surface area (Å²) in [5, 5.41) is 6.02. The van der Waals surface area contributed by atoms with Crippen molar-refractivity contribution in [3.63, 3.8) is 0 Å². The highest BCUT2D eigenvalue weighted by Crippen LogP contribution is 2.35. The van der Waals surface area contributed by atoms with Gasteiger partial charge in [-0.05, 0) is 11.6 Å². The molecule has 7 heteroatoms. The van der Waals surface area contributed by atoms with Crippen LogP contribution in [0.4, 0.5) is 4.79 Å². The summed E-state index contributed by atoms with van der Waals surface area (Å²) < 4.78 is 5.02. The standard InChI is InChI=1S/C15H16ClN3O3/c1-22-7-6-19-8-11-12(14(19)20)13(18-15(21)17-11)9-4-2-3-5-10(9)16/h2-5,13H,6-8H2,1H3,(H2,17,18,21)/t13-/m0/s1. The number of hydrogen-bond donors (Lipinski definition) is 2. The van der Waals surface area contributed by atoms with Crippen molar-refractivity contribution < 1.29 is 14.3 Å². The molecule has 0 spiro atoms. The van der Waals surface area contributed by atoms with Gasteiger partial charge in [0.05, 0.1) is 30.5 Å². The third-order valence-corrected chi connectivity index (χ3v) is 4.15. The van der Waals surface area contributed by atoms with Gasteiger partial charge in [0, 0.05) is 18.7 Å². The van der Waals surface area contributed by atoms with Gasteiger partial charge in [-0.15, -0.1) is 0 Å². The second-order valence-corrected chi connectivity index (χ2v) is 5.57. The van der Waals surface area contributed by atoms with E-state index in [0.717, 1.165) is 0 Å². The van der Waals surface area contributed by atoms with Crippen LogP contribution in [0.25, 0.3) is 0 Å². The number of halogens is 1. The molecule has 2 N–H and O–H groups in total. The van der Waals surface area contributed by atoms with Crippen molar-refractivity contribution >= 4 is 23.5 Å². The Labute approximate surface area is 133 Å². The minimum atomic E-state index is -0.530. The van der Waals surface area contributed by atoms with E-state index in [0.29, 0.717) is 41.6 Å². The molecular formula is C15H16ClN3O3. The van der Waals surface area contributed by atoms with Crippen LogP contribution in [0.3, 0.4) is 0 Å². The van der Waals surface area contributed by atoms with Crippen molar-refractivity contribution in [3.8, 4) is 0 Å². The Morgan fingerprint density at radius 2 is 2.14 bits per heavy atom. The Morgan fingerprint density at radius 3 is 2.86 bits per heavy atom. The third kappa shape index (κ3) is 2.55. The Kier molecular flexibility index (Phi) is 4.04. The summed E-state index contributed by atoms with van der Waals surface area (Å²) in [6, 6.07) is 6.34. The Balaban J connectivity index is 1.95. The predicted octanol–water partition coefficient (Wildman–Crippen LogP) is 1.44. The lowest BCUT2D eigenvalue weighted by atomic mass is 9.96. The first-order valence-corrected chi connectivity index (χ1v) is 7.33. The average molecular weight is 322 g/mol. The van der Waals surface area contributed by atoms with Gasteiger partial charge in [0.1, 0.15) is 0 Å². The fourth-order valence-corrected chi connectivity index (χ4v) is 3.00. The number of hydrogen-bond acceptors (Lipinski definition) is 3. The highest BCUT2D eigenvalue weighted by Gasteiger charge is 2.40. The van der Waals surface area contributed by atoms with Gasteiger partial charge in [0.2, 0.25) is 0 Å². The normalized spacial score (nSPS) is 20.8. The van der Waals surface area contributed by atoms with Crippen molar-refractivity contribution in [1.29, 1.82) is 0 Å². The first kappa shape index (κ1) is 14.9. The molecule has 0 aliphatic carbocycles. The van der Waals surface area contributed by atoms with Crippen molar-refractivity contribution in [1.82, 2.24) is 15.5 Å². The van der Waals surface area contributed by atoms with Crippen LogP contribution in [-0.2, 0) is 9.53 Å². The maximum Gasteiger partial charge on any atom is 0.319 e. The first-order chi connectivity index (χ1) is 10.6. The molecule has 116 valence electrons. The number of benzene rings is 1. The molecule has 3 amide bonds. The summed E-state index contributed by atoms with van der Waals surface area (Å²) in [5.74, 6) is -0.107. The zero-order valence-electron chi connectivity index (χ0n) is 12.1. The van der Waals surface area contributed by atoms with Gasteiger partial charge >= 0.3 is 6.03 Å². The van der Waals surface area contributed by atoms with E-state index in [4.69, 9.17) is 16.3 Å². The highest BCUT2D eigenvalue weighted by molar-refractivity contribution is 6.31. The number of methoxy groups -OCH3 is 1. The lowest BCUT2D eigenvalue weighted by molar-refractivity contribution is -0.126. The van der Waals surface area contributed by atoms with E-state index in [1.807, 2.05) is 18.2 Å². The molecule has 3 rings (SSSR count). The molecule has 0 fully saturated rings. The quantitative estimate of drug-likeness (QED) is 0.881. The monoisotopic (exact) mass is 321 g/mol. The van der Waals surface area contributed by atoms with Crippen molar-refractivity contribution in [3.05, 3.63) is 46.1 Å². The van der Waals surface area contributed by atoms with Gasteiger partial charge in [-0.1, -0.05) is 29.8 Å². The number of rotatable bonds is 4. The van der Waals surface area contributed by atoms with Crippen LogP contribution < -0.4 is 10.6 Å². The number of carbonyl (C=O) groups is 2. The van der Waals surface area contributed by atoms with Crippen LogP contribution in [0, 0.1) is 0 Å². The average Bonchev–Trinajstić information content (AvgIpc) is 2.81. The van der Waals surface area contributed by atoms with Gasteiger partial charge in [-0.2, -0.15) is 0 Å². The second kappa shape index (κ2) is 5.98. The molecule has 0 aromatic heterocycles. The molecule has 2 heterocycles. The number of nitrogens with zero attached hydrogens (tertiary/aromatic N) is 1. The zero-order valence-corrected chi connectivity index (χ0v) is 12.8. The van der Waals surface area contributed by atoms with Crippen LogP contribution in [0.2, 0.25) is 5.02 Å². The molecule has 22 heavy (non-hydrogen) atoms. The highest BCUT2D eigenvalue weighted by atomic mass is 35.5. The summed E-state index contributed by atoms with van der Waals surface area (Å²) >= 11 is 6.22. The van der Waals surface area contributed by atoms with Crippen LogP contribution in [0.15, 0.2) is 35.5 Å². The number of carbonyl (C=O) groups excluding carboxylic acids is 2. The van der Waals surface area contributed by atoms with E-state index >= 15 is 0 Å². The van der Waals surface area contributed by atoms with E-state index in [2.05, 4.69) is 10.6 Å². The third-order valence-electron chi connectivity index (χ3n) is 3.80. The lowest BCUT2D eigenvalue weighted by Gasteiger charge is -2.26. The Hall–Kier alpha value is -2.05. The molecule has 0 saturated carbocycles. The SMILES string of the molecule is COCCN1CC2=C(C1=O)[C@H](c1ccccc1Cl)NC(=O)N2. The smallest absolute Gasteiger partial charge is 0.319 e. The molecule has 2 aliphatic heterocycles. The molecule has 1 atom stereocenters. The summed E-state index contributed by atoms with van der Waals surface area (Å²) in [4.78, 5) is 26.2. The van der Waals surface area contributed by atoms with Crippen LogP contribution in [-0.4, -0.2) is 43.6 Å². The molecule has 1 aromatic rings. The molecule has 0 bridgehead atoms. The molecular weight excluding hydrogens is 306 g/mol. The zero-order chi connectivity index (χ0) is 15.7. The van der Waals surface area contributed by atoms with Gasteiger partial charge in [-0.25, -0.2) is 4.79 Å². The largest absolute Gasteiger partial charge is 0.383 e. The lowest BCUT2D eigenvalue weighted by Crippen LogP contribution is -2.44. The molecule has 0 saturated heterocycles. The number of amides is 3. The van der Waals surface area contributed by atoms with Gasteiger partial charge in [-0.3, -0.25) is 4.79 Å². The van der Waals surface area contributed by atoms with Crippen LogP contribution >= 0.6 is 11.6 Å². The van der Waals surface area contributed by atoms with Gasteiger partial charge in [0.25, 0.3) is 5.91 Å². The summed E-state index contributed by atoms with van der Waals surface area (Å²) in [7, 11) is 1.59. The minimum Gasteiger partial charge on any atom is -0.383 e. The summed E-state index contributed by atoms with van der Waals surface area (Å²) in [6.45, 7) is 1.31. The van der Waals surface area contributed by atoms with Crippen molar-refractivity contribution in [2.45, 2.75) is 6.04 Å². The Morgan fingerprint density at radius 1 is 1.36 bits per heavy atom. The molecule has 2 aliphatic rings. The van der Waals surface area contributed by atoms with Crippen molar-refractivity contribution in [2.75, 3.05) is 26.8 Å². The fourth-order valence-electron chi connectivity index (χ4n) is 2.75. The maximum absolute atomic E-state index is 12.6. The number of ether oxygens (including phenoxy) is 1. The second-order valence-electron chi connectivity index (χ2n) is 5.16. The first-order valence-electron chi connectivity index (χ1n) is 6.95. The predicted molar refractivity (Wildman–Crippen MR) is 81.3 cm³/mol. The van der Waals surface area contributed by atoms with Crippen LogP contribution in [0.5, 0.6) is 0 Å². The summed E-state index contributed by atoms with van der Waals surface area (Å²) in [6.07, 6.45) is 0. The van der Waals surface area contributed by atoms with E-state index in [1.54, 1.807) is 18.1 Å². The molecule has 0 unspecified atom stereocenters. The molecule has 1 aromatic carbocycles. The number of nitrogens with one attached hydrogen (secondary N) is 2. The molecule has 6 nitrogen and oxygen atoms in total. The van der Waals surface area contributed by atoms with E-state index in [1.165, 1.54) is 0 Å². The van der Waals surface area contributed by atoms with E-state index < -0.39 is 6.04 Å². The fraction of sp³-hybridized carbons (Fsp3) is 0.333. The van der Waals surface area contributed by atoms with Gasteiger partial charge in [0.15, 0.2) is 0 Å². The van der Waals surface area contributed by atoms with Crippen molar-refractivity contribution in [2.24, 2.45) is 0 Å². The topological polar surface area (TPSA) is 70.7 Å². The summed E-state index contributed by atoms with van der Waals surface area (Å²) in [5.41, 5.74) is 1.90. The Bertz CT molecular complexity index is 659.